The Morgan fingerprint density at radius 2 is 2.33 bits per heavy atom. The molecule has 1 aromatic heterocycles. The van der Waals surface area contributed by atoms with Gasteiger partial charge in [0.1, 0.15) is 0 Å². The lowest BCUT2D eigenvalue weighted by Crippen LogP contribution is -2.25. The number of fused-ring (bicyclic) bond motifs is 2. The largest absolute Gasteiger partial charge is 0.383 e. The molecule has 2 fully saturated rings. The Bertz CT molecular complexity index is 394. The molecule has 0 spiro atoms. The Labute approximate surface area is 107 Å². The van der Waals surface area contributed by atoms with Crippen molar-refractivity contribution in [1.82, 2.24) is 25.5 Å². The molecule has 2 aliphatic rings. The van der Waals surface area contributed by atoms with Gasteiger partial charge in [-0.1, -0.05) is 6.42 Å². The van der Waals surface area contributed by atoms with Crippen LogP contribution >= 0.6 is 0 Å². The molecule has 2 saturated carbocycles. The molecule has 3 unspecified atom stereocenters. The van der Waals surface area contributed by atoms with E-state index >= 15 is 0 Å². The van der Waals surface area contributed by atoms with Crippen molar-refractivity contribution in [2.45, 2.75) is 38.3 Å². The van der Waals surface area contributed by atoms with Crippen molar-refractivity contribution >= 4 is 0 Å². The summed E-state index contributed by atoms with van der Waals surface area (Å²) >= 11 is 0. The van der Waals surface area contributed by atoms with Crippen molar-refractivity contribution in [3.05, 3.63) is 5.82 Å². The van der Waals surface area contributed by atoms with Gasteiger partial charge in [-0.05, 0) is 41.5 Å². The van der Waals surface area contributed by atoms with Crippen LogP contribution in [0, 0.1) is 11.8 Å². The minimum Gasteiger partial charge on any atom is -0.383 e. The summed E-state index contributed by atoms with van der Waals surface area (Å²) in [5.41, 5.74) is 0. The van der Waals surface area contributed by atoms with Gasteiger partial charge >= 0.3 is 0 Å². The first-order chi connectivity index (χ1) is 8.88. The number of hydrogen-bond donors (Lipinski definition) is 1. The van der Waals surface area contributed by atoms with Crippen LogP contribution in [0.15, 0.2) is 0 Å². The molecule has 3 atom stereocenters. The van der Waals surface area contributed by atoms with E-state index in [1.807, 2.05) is 0 Å². The normalized spacial score (nSPS) is 30.2. The highest BCUT2D eigenvalue weighted by molar-refractivity contribution is 4.96. The molecular weight excluding hydrogens is 230 g/mol. The van der Waals surface area contributed by atoms with Gasteiger partial charge in [-0.2, -0.15) is 0 Å². The van der Waals surface area contributed by atoms with Crippen molar-refractivity contribution in [2.75, 3.05) is 20.3 Å². The van der Waals surface area contributed by atoms with Gasteiger partial charge in [-0.25, -0.2) is 4.68 Å². The molecule has 6 nitrogen and oxygen atoms in total. The van der Waals surface area contributed by atoms with Crippen LogP contribution in [-0.2, 0) is 11.3 Å². The summed E-state index contributed by atoms with van der Waals surface area (Å²) in [6.45, 7) is 2.28. The van der Waals surface area contributed by atoms with Crippen molar-refractivity contribution in [3.63, 3.8) is 0 Å². The van der Waals surface area contributed by atoms with E-state index < -0.39 is 0 Å². The summed E-state index contributed by atoms with van der Waals surface area (Å²) in [6.07, 6.45) is 5.40. The first-order valence-electron chi connectivity index (χ1n) is 6.85. The van der Waals surface area contributed by atoms with Gasteiger partial charge in [0, 0.05) is 13.7 Å². The van der Waals surface area contributed by atoms with Gasteiger partial charge in [-0.15, -0.1) is 5.10 Å². The molecule has 6 heteroatoms. The van der Waals surface area contributed by atoms with E-state index in [0.717, 1.165) is 37.4 Å². The topological polar surface area (TPSA) is 64.9 Å². The summed E-state index contributed by atoms with van der Waals surface area (Å²) in [4.78, 5) is 0. The average Bonchev–Trinajstić information content (AvgIpc) is 3.09. The number of aromatic nitrogens is 4. The lowest BCUT2D eigenvalue weighted by Gasteiger charge is -2.22. The molecule has 2 bridgehead atoms. The lowest BCUT2D eigenvalue weighted by molar-refractivity contribution is 0.198. The van der Waals surface area contributed by atoms with Crippen LogP contribution in [0.2, 0.25) is 0 Å². The standard InChI is InChI=1S/C12H21N5O/c1-18-5-4-13-8-12-14-15-16-17(12)11-7-9-2-3-10(11)6-9/h9-11,13H,2-8H2,1H3. The molecule has 0 amide bonds. The van der Waals surface area contributed by atoms with Crippen LogP contribution in [0.1, 0.15) is 37.5 Å². The zero-order chi connectivity index (χ0) is 12.4. The Kier molecular flexibility index (Phi) is 3.56. The highest BCUT2D eigenvalue weighted by atomic mass is 16.5. The predicted molar refractivity (Wildman–Crippen MR) is 65.9 cm³/mol. The zero-order valence-corrected chi connectivity index (χ0v) is 10.9. The third-order valence-corrected chi connectivity index (χ3v) is 4.34. The van der Waals surface area contributed by atoms with Crippen LogP contribution in [0.3, 0.4) is 0 Å². The molecule has 0 aliphatic heterocycles. The van der Waals surface area contributed by atoms with E-state index in [0.29, 0.717) is 6.04 Å². The van der Waals surface area contributed by atoms with Crippen molar-refractivity contribution in [1.29, 1.82) is 0 Å². The summed E-state index contributed by atoms with van der Waals surface area (Å²) in [7, 11) is 1.71. The fourth-order valence-electron chi connectivity index (χ4n) is 3.47. The van der Waals surface area contributed by atoms with Gasteiger partial charge in [0.25, 0.3) is 0 Å². The van der Waals surface area contributed by atoms with E-state index in [9.17, 15) is 0 Å². The van der Waals surface area contributed by atoms with Crippen LogP contribution in [-0.4, -0.2) is 40.5 Å². The SMILES string of the molecule is COCCNCc1nnnn1C1CC2CCC1C2. The number of tetrazole rings is 1. The molecule has 1 heterocycles. The maximum atomic E-state index is 5.01. The summed E-state index contributed by atoms with van der Waals surface area (Å²) in [5.74, 6) is 2.68. The fraction of sp³-hybridized carbons (Fsp3) is 0.917. The van der Waals surface area contributed by atoms with Gasteiger partial charge in [0.15, 0.2) is 5.82 Å². The Hall–Kier alpha value is -1.01. The smallest absolute Gasteiger partial charge is 0.165 e. The van der Waals surface area contributed by atoms with Crippen LogP contribution in [0.5, 0.6) is 0 Å². The Morgan fingerprint density at radius 3 is 3.06 bits per heavy atom. The van der Waals surface area contributed by atoms with Gasteiger partial charge in [0.05, 0.1) is 19.2 Å². The van der Waals surface area contributed by atoms with Crippen LogP contribution in [0.4, 0.5) is 0 Å². The van der Waals surface area contributed by atoms with Crippen molar-refractivity contribution in [2.24, 2.45) is 11.8 Å². The minimum atomic E-state index is 0.540. The van der Waals surface area contributed by atoms with E-state index in [2.05, 4.69) is 25.5 Å². The molecule has 0 radical (unpaired) electrons. The maximum absolute atomic E-state index is 5.01. The molecule has 100 valence electrons. The Morgan fingerprint density at radius 1 is 1.39 bits per heavy atom. The number of rotatable bonds is 6. The molecule has 18 heavy (non-hydrogen) atoms. The van der Waals surface area contributed by atoms with Crippen molar-refractivity contribution < 1.29 is 4.74 Å². The van der Waals surface area contributed by atoms with E-state index in [4.69, 9.17) is 4.74 Å². The third-order valence-electron chi connectivity index (χ3n) is 4.34. The molecule has 1 aromatic rings. The number of nitrogens with zero attached hydrogens (tertiary/aromatic N) is 4. The fourth-order valence-corrected chi connectivity index (χ4v) is 3.47. The van der Waals surface area contributed by atoms with E-state index in [-0.39, 0.29) is 0 Å². The highest BCUT2D eigenvalue weighted by Gasteiger charge is 2.41. The van der Waals surface area contributed by atoms with Gasteiger partial charge in [-0.3, -0.25) is 0 Å². The van der Waals surface area contributed by atoms with Crippen molar-refractivity contribution in [3.8, 4) is 0 Å². The first-order valence-corrected chi connectivity index (χ1v) is 6.85. The lowest BCUT2D eigenvalue weighted by atomic mass is 9.95. The van der Waals surface area contributed by atoms with Gasteiger partial charge < -0.3 is 10.1 Å². The average molecular weight is 251 g/mol. The predicted octanol–water partition coefficient (Wildman–Crippen LogP) is 0.770. The van der Waals surface area contributed by atoms with E-state index in [1.54, 1.807) is 7.11 Å². The van der Waals surface area contributed by atoms with E-state index in [1.165, 1.54) is 25.7 Å². The van der Waals surface area contributed by atoms with Crippen LogP contribution < -0.4 is 5.32 Å². The third kappa shape index (κ3) is 2.27. The monoisotopic (exact) mass is 251 g/mol. The second-order valence-corrected chi connectivity index (χ2v) is 5.45. The second-order valence-electron chi connectivity index (χ2n) is 5.45. The molecule has 1 N–H and O–H groups in total. The Balaban J connectivity index is 1.61. The first kappa shape index (κ1) is 12.0. The molecule has 0 saturated heterocycles. The quantitative estimate of drug-likeness (QED) is 0.757. The van der Waals surface area contributed by atoms with Crippen LogP contribution in [0.25, 0.3) is 0 Å². The second kappa shape index (κ2) is 5.32. The summed E-state index contributed by atoms with van der Waals surface area (Å²) in [6, 6.07) is 0.540. The summed E-state index contributed by atoms with van der Waals surface area (Å²) < 4.78 is 7.07. The highest BCUT2D eigenvalue weighted by Crippen LogP contribution is 2.50. The molecule has 2 aliphatic carbocycles. The summed E-state index contributed by atoms with van der Waals surface area (Å²) in [5, 5.41) is 15.5. The van der Waals surface area contributed by atoms with Gasteiger partial charge in [0.2, 0.25) is 0 Å². The maximum Gasteiger partial charge on any atom is 0.165 e. The number of nitrogens with one attached hydrogen (secondary N) is 1. The number of hydrogen-bond acceptors (Lipinski definition) is 5. The number of ether oxygens (including phenoxy) is 1. The number of methoxy groups -OCH3 is 1. The minimum absolute atomic E-state index is 0.540. The molecular formula is C12H21N5O. The molecule has 0 aromatic carbocycles. The molecule has 3 rings (SSSR count). The zero-order valence-electron chi connectivity index (χ0n) is 10.9.